The fourth-order valence-corrected chi connectivity index (χ4v) is 7.06. The van der Waals surface area contributed by atoms with Crippen molar-refractivity contribution in [2.45, 2.75) is 42.9 Å². The summed E-state index contributed by atoms with van der Waals surface area (Å²) in [6.45, 7) is 2.02. The predicted octanol–water partition coefficient (Wildman–Crippen LogP) is 3.61. The number of hydrogen-bond acceptors (Lipinski definition) is 3. The van der Waals surface area contributed by atoms with Crippen molar-refractivity contribution in [2.24, 2.45) is 17.8 Å². The number of sulfonamides is 1. The standard InChI is InChI=1S/C13H18BrNO2S2/c1-8(11-7-9-2-3-10(11)6-9)15-19(16,17)13-5-4-12(14)18-13/h4-5,8-11,15H,2-3,6-7H2,1H3/t8-,9-,10-,11+/m1/s1. The Bertz CT molecular complexity index is 569. The predicted molar refractivity (Wildman–Crippen MR) is 80.7 cm³/mol. The third-order valence-electron chi connectivity index (χ3n) is 4.59. The van der Waals surface area contributed by atoms with Gasteiger partial charge >= 0.3 is 0 Å². The molecule has 0 amide bonds. The van der Waals surface area contributed by atoms with Crippen LogP contribution in [-0.4, -0.2) is 14.5 Å². The molecule has 1 heterocycles. The molecule has 1 aromatic rings. The number of fused-ring (bicyclic) bond motifs is 2. The second kappa shape index (κ2) is 5.13. The van der Waals surface area contributed by atoms with Crippen molar-refractivity contribution in [3.05, 3.63) is 15.9 Å². The number of halogens is 1. The SMILES string of the molecule is C[C@@H](NS(=O)(=O)c1ccc(Br)s1)[C@@H]1C[C@@H]2CC[C@@H]1C2. The first kappa shape index (κ1) is 14.0. The molecule has 3 nitrogen and oxygen atoms in total. The van der Waals surface area contributed by atoms with Gasteiger partial charge in [-0.25, -0.2) is 13.1 Å². The zero-order chi connectivity index (χ0) is 13.6. The minimum absolute atomic E-state index is 0.0428. The number of rotatable bonds is 4. The highest BCUT2D eigenvalue weighted by atomic mass is 79.9. The van der Waals surface area contributed by atoms with Gasteiger partial charge in [0.05, 0.1) is 3.79 Å². The lowest BCUT2D eigenvalue weighted by molar-refractivity contribution is 0.280. The average molecular weight is 364 g/mol. The summed E-state index contributed by atoms with van der Waals surface area (Å²) in [5.74, 6) is 2.10. The Morgan fingerprint density at radius 3 is 2.68 bits per heavy atom. The van der Waals surface area contributed by atoms with E-state index in [0.29, 0.717) is 10.1 Å². The summed E-state index contributed by atoms with van der Waals surface area (Å²) in [5.41, 5.74) is 0. The Labute approximate surface area is 127 Å². The van der Waals surface area contributed by atoms with Crippen LogP contribution in [0.15, 0.2) is 20.1 Å². The van der Waals surface area contributed by atoms with E-state index in [9.17, 15) is 8.42 Å². The van der Waals surface area contributed by atoms with Gasteiger partial charge in [-0.05, 0) is 72.0 Å². The van der Waals surface area contributed by atoms with Gasteiger partial charge in [0.1, 0.15) is 4.21 Å². The molecule has 0 unspecified atom stereocenters. The maximum Gasteiger partial charge on any atom is 0.250 e. The highest BCUT2D eigenvalue weighted by molar-refractivity contribution is 9.11. The molecule has 0 saturated heterocycles. The molecule has 2 aliphatic rings. The van der Waals surface area contributed by atoms with E-state index in [2.05, 4.69) is 20.7 Å². The second-order valence-corrected chi connectivity index (χ2v) is 10.2. The molecule has 0 aromatic carbocycles. The molecule has 2 bridgehead atoms. The van der Waals surface area contributed by atoms with E-state index in [1.165, 1.54) is 37.0 Å². The fraction of sp³-hybridized carbons (Fsp3) is 0.692. The molecule has 1 aromatic heterocycles. The van der Waals surface area contributed by atoms with Crippen LogP contribution in [0.5, 0.6) is 0 Å². The van der Waals surface area contributed by atoms with E-state index in [1.807, 2.05) is 6.92 Å². The molecule has 106 valence electrons. The Morgan fingerprint density at radius 1 is 1.37 bits per heavy atom. The Kier molecular flexibility index (Phi) is 3.79. The van der Waals surface area contributed by atoms with Gasteiger partial charge in [-0.1, -0.05) is 6.42 Å². The van der Waals surface area contributed by atoms with Gasteiger partial charge in [0.15, 0.2) is 0 Å². The molecule has 19 heavy (non-hydrogen) atoms. The zero-order valence-corrected chi connectivity index (χ0v) is 14.0. The fourth-order valence-electron chi connectivity index (χ4n) is 3.74. The number of thiophene rings is 1. The van der Waals surface area contributed by atoms with Gasteiger partial charge in [-0.15, -0.1) is 11.3 Å². The van der Waals surface area contributed by atoms with Crippen molar-refractivity contribution in [3.63, 3.8) is 0 Å². The first-order valence-electron chi connectivity index (χ1n) is 6.73. The van der Waals surface area contributed by atoms with Crippen molar-refractivity contribution in [3.8, 4) is 0 Å². The summed E-state index contributed by atoms with van der Waals surface area (Å²) in [4.78, 5) is 0. The monoisotopic (exact) mass is 363 g/mol. The molecular formula is C13H18BrNO2S2. The molecule has 0 radical (unpaired) electrons. The van der Waals surface area contributed by atoms with Crippen LogP contribution >= 0.6 is 27.3 Å². The average Bonchev–Trinajstić information content (AvgIpc) is 3.02. The molecule has 2 saturated carbocycles. The highest BCUT2D eigenvalue weighted by Gasteiger charge is 2.42. The summed E-state index contributed by atoms with van der Waals surface area (Å²) in [7, 11) is -3.35. The quantitative estimate of drug-likeness (QED) is 0.887. The van der Waals surface area contributed by atoms with E-state index in [4.69, 9.17) is 0 Å². The molecular weight excluding hydrogens is 346 g/mol. The Balaban J connectivity index is 1.71. The minimum Gasteiger partial charge on any atom is -0.207 e. The van der Waals surface area contributed by atoms with Crippen molar-refractivity contribution < 1.29 is 8.42 Å². The van der Waals surface area contributed by atoms with Crippen LogP contribution in [0.2, 0.25) is 0 Å². The van der Waals surface area contributed by atoms with Crippen LogP contribution in [0.25, 0.3) is 0 Å². The second-order valence-electron chi connectivity index (χ2n) is 5.81. The van der Waals surface area contributed by atoms with Gasteiger partial charge < -0.3 is 0 Å². The van der Waals surface area contributed by atoms with Gasteiger partial charge in [0.25, 0.3) is 0 Å². The Morgan fingerprint density at radius 2 is 2.16 bits per heavy atom. The van der Waals surface area contributed by atoms with Gasteiger partial charge in [-0.3, -0.25) is 0 Å². The summed E-state index contributed by atoms with van der Waals surface area (Å²) >= 11 is 4.57. The van der Waals surface area contributed by atoms with Crippen LogP contribution in [0.4, 0.5) is 0 Å². The largest absolute Gasteiger partial charge is 0.250 e. The summed E-state index contributed by atoms with van der Waals surface area (Å²) < 4.78 is 28.7. The lowest BCUT2D eigenvalue weighted by Crippen LogP contribution is -2.39. The van der Waals surface area contributed by atoms with E-state index in [1.54, 1.807) is 12.1 Å². The van der Waals surface area contributed by atoms with Gasteiger partial charge in [-0.2, -0.15) is 0 Å². The molecule has 2 aliphatic carbocycles. The Hall–Kier alpha value is 0.0900. The summed E-state index contributed by atoms with van der Waals surface area (Å²) in [6, 6.07) is 3.48. The van der Waals surface area contributed by atoms with Crippen LogP contribution in [-0.2, 0) is 10.0 Å². The van der Waals surface area contributed by atoms with E-state index < -0.39 is 10.0 Å². The highest BCUT2D eigenvalue weighted by Crippen LogP contribution is 2.49. The van der Waals surface area contributed by atoms with Crippen LogP contribution in [0, 0.1) is 17.8 Å². The van der Waals surface area contributed by atoms with Crippen LogP contribution in [0.3, 0.4) is 0 Å². The molecule has 4 atom stereocenters. The van der Waals surface area contributed by atoms with Gasteiger partial charge in [0.2, 0.25) is 10.0 Å². The molecule has 2 fully saturated rings. The van der Waals surface area contributed by atoms with Crippen molar-refractivity contribution in [2.75, 3.05) is 0 Å². The lowest BCUT2D eigenvalue weighted by Gasteiger charge is -2.28. The zero-order valence-electron chi connectivity index (χ0n) is 10.8. The normalized spacial score (nSPS) is 31.8. The number of nitrogens with one attached hydrogen (secondary N) is 1. The smallest absolute Gasteiger partial charge is 0.207 e. The van der Waals surface area contributed by atoms with E-state index in [-0.39, 0.29) is 6.04 Å². The minimum atomic E-state index is -3.35. The van der Waals surface area contributed by atoms with Crippen molar-refractivity contribution >= 4 is 37.3 Å². The first-order chi connectivity index (χ1) is 8.95. The first-order valence-corrected chi connectivity index (χ1v) is 9.82. The maximum atomic E-state index is 12.3. The van der Waals surface area contributed by atoms with Crippen molar-refractivity contribution in [1.82, 2.24) is 4.72 Å². The van der Waals surface area contributed by atoms with Gasteiger partial charge in [0, 0.05) is 6.04 Å². The third kappa shape index (κ3) is 2.77. The molecule has 0 aliphatic heterocycles. The van der Waals surface area contributed by atoms with E-state index >= 15 is 0 Å². The molecule has 6 heteroatoms. The lowest BCUT2D eigenvalue weighted by atomic mass is 9.84. The van der Waals surface area contributed by atoms with Crippen LogP contribution in [0.1, 0.15) is 32.6 Å². The maximum absolute atomic E-state index is 12.3. The van der Waals surface area contributed by atoms with Crippen LogP contribution < -0.4 is 4.72 Å². The van der Waals surface area contributed by atoms with E-state index in [0.717, 1.165) is 15.6 Å². The summed E-state index contributed by atoms with van der Waals surface area (Å²) in [5, 5.41) is 0. The summed E-state index contributed by atoms with van der Waals surface area (Å²) in [6.07, 6.45) is 5.13. The van der Waals surface area contributed by atoms with Crippen molar-refractivity contribution in [1.29, 1.82) is 0 Å². The molecule has 3 rings (SSSR count). The molecule has 0 spiro atoms. The number of hydrogen-bond donors (Lipinski definition) is 1. The molecule has 1 N–H and O–H groups in total. The third-order valence-corrected chi connectivity index (χ3v) is 8.26. The topological polar surface area (TPSA) is 46.2 Å².